The van der Waals surface area contributed by atoms with Gasteiger partial charge in [0.05, 0.1) is 19.0 Å². The monoisotopic (exact) mass is 355 g/mol. The number of amides is 1. The van der Waals surface area contributed by atoms with E-state index in [1.54, 1.807) is 7.11 Å². The molecule has 7 heteroatoms. The van der Waals surface area contributed by atoms with Crippen LogP contribution in [0.4, 0.5) is 0 Å². The highest BCUT2D eigenvalue weighted by atomic mass is 16.5. The zero-order valence-corrected chi connectivity index (χ0v) is 15.3. The largest absolute Gasteiger partial charge is 0.497 e. The number of benzene rings is 1. The SMILES string of the molecule is COc1ccc(-n2ncc(CN3CCN4CCNC(=O)[C@H]4C3)c2C)cc1. The summed E-state index contributed by atoms with van der Waals surface area (Å²) in [6.07, 6.45) is 1.94. The van der Waals surface area contributed by atoms with Gasteiger partial charge in [-0.05, 0) is 31.2 Å². The third-order valence-electron chi connectivity index (χ3n) is 5.40. The second-order valence-electron chi connectivity index (χ2n) is 6.94. The van der Waals surface area contributed by atoms with E-state index in [-0.39, 0.29) is 11.9 Å². The second kappa shape index (κ2) is 7.09. The molecule has 1 atom stereocenters. The number of aromatic nitrogens is 2. The van der Waals surface area contributed by atoms with Crippen molar-refractivity contribution < 1.29 is 9.53 Å². The number of carbonyl (C=O) groups excluding carboxylic acids is 1. The van der Waals surface area contributed by atoms with Gasteiger partial charge in [-0.25, -0.2) is 4.68 Å². The van der Waals surface area contributed by atoms with Crippen LogP contribution >= 0.6 is 0 Å². The minimum atomic E-state index is -0.0190. The van der Waals surface area contributed by atoms with Crippen molar-refractivity contribution in [3.63, 3.8) is 0 Å². The summed E-state index contributed by atoms with van der Waals surface area (Å²) in [5.74, 6) is 0.994. The molecule has 2 aliphatic rings. The van der Waals surface area contributed by atoms with E-state index in [2.05, 4.69) is 27.1 Å². The molecule has 7 nitrogen and oxygen atoms in total. The molecule has 0 aliphatic carbocycles. The number of ether oxygens (including phenoxy) is 1. The zero-order valence-electron chi connectivity index (χ0n) is 15.3. The molecule has 2 fully saturated rings. The molecular weight excluding hydrogens is 330 g/mol. The molecule has 26 heavy (non-hydrogen) atoms. The summed E-state index contributed by atoms with van der Waals surface area (Å²) in [7, 11) is 1.67. The molecule has 2 aliphatic heterocycles. The number of hydrogen-bond donors (Lipinski definition) is 1. The molecule has 1 aromatic heterocycles. The Kier molecular flexibility index (Phi) is 4.65. The molecule has 0 bridgehead atoms. The second-order valence-corrected chi connectivity index (χ2v) is 6.94. The van der Waals surface area contributed by atoms with E-state index in [0.717, 1.165) is 56.4 Å². The van der Waals surface area contributed by atoms with E-state index in [1.807, 2.05) is 35.1 Å². The fourth-order valence-corrected chi connectivity index (χ4v) is 3.80. The molecule has 2 aromatic rings. The number of methoxy groups -OCH3 is 1. The van der Waals surface area contributed by atoms with Crippen LogP contribution in [0.2, 0.25) is 0 Å². The van der Waals surface area contributed by atoms with Gasteiger partial charge in [0.2, 0.25) is 5.91 Å². The van der Waals surface area contributed by atoms with Crippen LogP contribution in [0.1, 0.15) is 11.3 Å². The van der Waals surface area contributed by atoms with E-state index in [0.29, 0.717) is 0 Å². The van der Waals surface area contributed by atoms with E-state index >= 15 is 0 Å². The summed E-state index contributed by atoms with van der Waals surface area (Å²) >= 11 is 0. The van der Waals surface area contributed by atoms with Crippen LogP contribution in [0.25, 0.3) is 5.69 Å². The van der Waals surface area contributed by atoms with Crippen molar-refractivity contribution in [3.05, 3.63) is 41.7 Å². The van der Waals surface area contributed by atoms with Crippen molar-refractivity contribution in [3.8, 4) is 11.4 Å². The Balaban J connectivity index is 1.47. The van der Waals surface area contributed by atoms with Gasteiger partial charge in [-0.3, -0.25) is 14.6 Å². The predicted molar refractivity (Wildman–Crippen MR) is 98.5 cm³/mol. The van der Waals surface area contributed by atoms with Crippen LogP contribution in [-0.4, -0.2) is 71.4 Å². The quantitative estimate of drug-likeness (QED) is 0.879. The Morgan fingerprint density at radius 3 is 2.81 bits per heavy atom. The van der Waals surface area contributed by atoms with Crippen LogP contribution in [0.5, 0.6) is 5.75 Å². The van der Waals surface area contributed by atoms with Crippen molar-refractivity contribution in [1.29, 1.82) is 0 Å². The van der Waals surface area contributed by atoms with Crippen LogP contribution in [0.3, 0.4) is 0 Å². The predicted octanol–water partition coefficient (Wildman–Crippen LogP) is 0.805. The van der Waals surface area contributed by atoms with Gasteiger partial charge in [0.1, 0.15) is 11.8 Å². The highest BCUT2D eigenvalue weighted by molar-refractivity contribution is 5.82. The van der Waals surface area contributed by atoms with Crippen LogP contribution in [0, 0.1) is 6.92 Å². The van der Waals surface area contributed by atoms with Crippen molar-refractivity contribution in [2.45, 2.75) is 19.5 Å². The summed E-state index contributed by atoms with van der Waals surface area (Å²) in [6, 6.07) is 7.88. The maximum atomic E-state index is 12.1. The Morgan fingerprint density at radius 1 is 1.23 bits per heavy atom. The summed E-state index contributed by atoms with van der Waals surface area (Å²) in [6.45, 7) is 7.34. The Labute approximate surface area is 153 Å². The van der Waals surface area contributed by atoms with Crippen molar-refractivity contribution in [2.24, 2.45) is 0 Å². The van der Waals surface area contributed by atoms with Crippen LogP contribution in [0.15, 0.2) is 30.5 Å². The van der Waals surface area contributed by atoms with Crippen molar-refractivity contribution in [2.75, 3.05) is 39.8 Å². The van der Waals surface area contributed by atoms with E-state index < -0.39 is 0 Å². The Morgan fingerprint density at radius 2 is 2.04 bits per heavy atom. The Hall–Kier alpha value is -2.38. The number of fused-ring (bicyclic) bond motifs is 1. The topological polar surface area (TPSA) is 62.6 Å². The fraction of sp³-hybridized carbons (Fsp3) is 0.474. The third-order valence-corrected chi connectivity index (χ3v) is 5.40. The van der Waals surface area contributed by atoms with E-state index in [1.165, 1.54) is 5.56 Å². The van der Waals surface area contributed by atoms with Crippen molar-refractivity contribution in [1.82, 2.24) is 24.9 Å². The molecule has 4 rings (SSSR count). The number of piperazine rings is 2. The lowest BCUT2D eigenvalue weighted by atomic mass is 10.1. The first kappa shape index (κ1) is 17.1. The zero-order chi connectivity index (χ0) is 18.1. The minimum absolute atomic E-state index is 0.0190. The third kappa shape index (κ3) is 3.20. The van der Waals surface area contributed by atoms with Gasteiger partial charge in [-0.1, -0.05) is 0 Å². The molecular formula is C19H25N5O2. The fourth-order valence-electron chi connectivity index (χ4n) is 3.80. The first-order valence-corrected chi connectivity index (χ1v) is 9.08. The first-order chi connectivity index (χ1) is 12.7. The average Bonchev–Trinajstić information content (AvgIpc) is 3.03. The molecule has 0 unspecified atom stereocenters. The van der Waals surface area contributed by atoms with Gasteiger partial charge < -0.3 is 10.1 Å². The van der Waals surface area contributed by atoms with Gasteiger partial charge in [0, 0.05) is 50.5 Å². The van der Waals surface area contributed by atoms with Crippen molar-refractivity contribution >= 4 is 5.91 Å². The van der Waals surface area contributed by atoms with E-state index in [9.17, 15) is 4.79 Å². The normalized spacial score (nSPS) is 21.3. The standard InChI is InChI=1S/C19H25N5O2/c1-14-15(11-21-24(14)16-3-5-17(26-2)6-4-16)12-22-9-10-23-8-7-20-19(25)18(23)13-22/h3-6,11,18H,7-10,12-13H2,1-2H3,(H,20,25)/t18-/m1/s1. The lowest BCUT2D eigenvalue weighted by Crippen LogP contribution is -2.63. The molecule has 138 valence electrons. The smallest absolute Gasteiger partial charge is 0.238 e. The Bertz CT molecular complexity index is 786. The van der Waals surface area contributed by atoms with Gasteiger partial charge >= 0.3 is 0 Å². The molecule has 0 radical (unpaired) electrons. The maximum Gasteiger partial charge on any atom is 0.238 e. The lowest BCUT2D eigenvalue weighted by molar-refractivity contribution is -0.131. The summed E-state index contributed by atoms with van der Waals surface area (Å²) in [4.78, 5) is 16.8. The van der Waals surface area contributed by atoms with Crippen LogP contribution < -0.4 is 10.1 Å². The molecule has 1 N–H and O–H groups in total. The molecule has 1 aromatic carbocycles. The first-order valence-electron chi connectivity index (χ1n) is 9.08. The van der Waals surface area contributed by atoms with Gasteiger partial charge in [-0.2, -0.15) is 5.10 Å². The summed E-state index contributed by atoms with van der Waals surface area (Å²) < 4.78 is 7.18. The number of carbonyl (C=O) groups is 1. The number of nitrogens with zero attached hydrogens (tertiary/aromatic N) is 4. The molecule has 2 saturated heterocycles. The van der Waals surface area contributed by atoms with Crippen LogP contribution in [-0.2, 0) is 11.3 Å². The number of hydrogen-bond acceptors (Lipinski definition) is 5. The summed E-state index contributed by atoms with van der Waals surface area (Å²) in [5, 5.41) is 7.54. The highest BCUT2D eigenvalue weighted by Crippen LogP contribution is 2.20. The van der Waals surface area contributed by atoms with Gasteiger partial charge in [0.15, 0.2) is 0 Å². The average molecular weight is 355 g/mol. The molecule has 1 amide bonds. The lowest BCUT2D eigenvalue weighted by Gasteiger charge is -2.43. The van der Waals surface area contributed by atoms with Gasteiger partial charge in [0.25, 0.3) is 0 Å². The number of rotatable bonds is 4. The summed E-state index contributed by atoms with van der Waals surface area (Å²) in [5.41, 5.74) is 3.35. The van der Waals surface area contributed by atoms with Gasteiger partial charge in [-0.15, -0.1) is 0 Å². The van der Waals surface area contributed by atoms with E-state index in [4.69, 9.17) is 4.74 Å². The number of nitrogens with one attached hydrogen (secondary N) is 1. The molecule has 0 saturated carbocycles. The molecule has 0 spiro atoms. The maximum absolute atomic E-state index is 12.1. The minimum Gasteiger partial charge on any atom is -0.497 e. The molecule has 3 heterocycles. The highest BCUT2D eigenvalue weighted by Gasteiger charge is 2.34.